The number of carbonyl (C=O) groups is 2. The van der Waals surface area contributed by atoms with Crippen LogP contribution in [-0.2, 0) is 4.79 Å². The van der Waals surface area contributed by atoms with E-state index in [9.17, 15) is 9.59 Å². The van der Waals surface area contributed by atoms with E-state index in [2.05, 4.69) is 5.32 Å². The molecule has 1 aromatic heterocycles. The van der Waals surface area contributed by atoms with Gasteiger partial charge in [-0.15, -0.1) is 23.1 Å². The molecular formula is C14H19N3O2S2. The summed E-state index contributed by atoms with van der Waals surface area (Å²) in [6, 6.07) is 3.82. The highest BCUT2D eigenvalue weighted by Crippen LogP contribution is 2.19. The van der Waals surface area contributed by atoms with Crippen LogP contribution in [0.15, 0.2) is 12.1 Å². The first-order valence-corrected chi connectivity index (χ1v) is 9.08. The second kappa shape index (κ2) is 6.37. The zero-order chi connectivity index (χ0) is 14.8. The minimum Gasteiger partial charge on any atom is -0.338 e. The number of nitrogens with one attached hydrogen (secondary N) is 1. The summed E-state index contributed by atoms with van der Waals surface area (Å²) in [6.45, 7) is 4.53. The standard InChI is InChI=1S/C14H19N3O2S2/c1-10-2-3-12(21-10)14(19)17-6-4-16(5-7-17)13(18)11-8-20-9-15-11/h2-3,11,15H,4-9H2,1H3. The average molecular weight is 325 g/mol. The molecule has 2 aliphatic rings. The summed E-state index contributed by atoms with van der Waals surface area (Å²) >= 11 is 3.29. The Bertz CT molecular complexity index is 532. The van der Waals surface area contributed by atoms with Crippen LogP contribution in [0.25, 0.3) is 0 Å². The third kappa shape index (κ3) is 3.25. The molecule has 7 heteroatoms. The number of thioether (sulfide) groups is 1. The lowest BCUT2D eigenvalue weighted by molar-refractivity contribution is -0.134. The predicted molar refractivity (Wildman–Crippen MR) is 85.8 cm³/mol. The van der Waals surface area contributed by atoms with E-state index >= 15 is 0 Å². The SMILES string of the molecule is Cc1ccc(C(=O)N2CCN(C(=O)C3CSCN3)CC2)s1. The van der Waals surface area contributed by atoms with Crippen LogP contribution in [-0.4, -0.2) is 65.5 Å². The first kappa shape index (κ1) is 14.9. The Kier molecular flexibility index (Phi) is 4.51. The molecule has 2 saturated heterocycles. The normalized spacial score (nSPS) is 22.6. The Morgan fingerprint density at radius 3 is 2.48 bits per heavy atom. The summed E-state index contributed by atoms with van der Waals surface area (Å²) in [7, 11) is 0. The molecule has 114 valence electrons. The molecule has 0 spiro atoms. The van der Waals surface area contributed by atoms with E-state index < -0.39 is 0 Å². The van der Waals surface area contributed by atoms with E-state index in [0.717, 1.165) is 21.4 Å². The van der Waals surface area contributed by atoms with Crippen LogP contribution in [0.3, 0.4) is 0 Å². The molecule has 3 heterocycles. The Morgan fingerprint density at radius 2 is 1.90 bits per heavy atom. The molecule has 5 nitrogen and oxygen atoms in total. The van der Waals surface area contributed by atoms with E-state index in [4.69, 9.17) is 0 Å². The molecule has 1 N–H and O–H groups in total. The van der Waals surface area contributed by atoms with Crippen LogP contribution in [0, 0.1) is 6.92 Å². The fourth-order valence-electron chi connectivity index (χ4n) is 2.61. The van der Waals surface area contributed by atoms with Gasteiger partial charge in [0.2, 0.25) is 5.91 Å². The van der Waals surface area contributed by atoms with Crippen molar-refractivity contribution in [3.8, 4) is 0 Å². The molecule has 1 unspecified atom stereocenters. The first-order valence-electron chi connectivity index (χ1n) is 7.11. The fraction of sp³-hybridized carbons (Fsp3) is 0.571. The number of carbonyl (C=O) groups excluding carboxylic acids is 2. The van der Waals surface area contributed by atoms with Gasteiger partial charge in [0, 0.05) is 42.7 Å². The maximum atomic E-state index is 12.4. The topological polar surface area (TPSA) is 52.7 Å². The summed E-state index contributed by atoms with van der Waals surface area (Å²) in [5.74, 6) is 1.98. The van der Waals surface area contributed by atoms with Gasteiger partial charge in [-0.1, -0.05) is 0 Å². The Hall–Kier alpha value is -1.05. The molecule has 1 aromatic rings. The number of hydrogen-bond acceptors (Lipinski definition) is 5. The van der Waals surface area contributed by atoms with Crippen molar-refractivity contribution in [1.29, 1.82) is 0 Å². The molecule has 0 aromatic carbocycles. The largest absolute Gasteiger partial charge is 0.338 e. The van der Waals surface area contributed by atoms with Gasteiger partial charge < -0.3 is 9.80 Å². The lowest BCUT2D eigenvalue weighted by Crippen LogP contribution is -2.54. The average Bonchev–Trinajstić information content (AvgIpc) is 3.17. The quantitative estimate of drug-likeness (QED) is 0.881. The van der Waals surface area contributed by atoms with Gasteiger partial charge in [-0.25, -0.2) is 0 Å². The number of amides is 2. The van der Waals surface area contributed by atoms with Gasteiger partial charge in [-0.3, -0.25) is 14.9 Å². The van der Waals surface area contributed by atoms with Gasteiger partial charge in [0.15, 0.2) is 0 Å². The number of hydrogen-bond donors (Lipinski definition) is 1. The third-order valence-corrected chi connectivity index (χ3v) is 5.77. The Labute approximate surface area is 132 Å². The fourth-order valence-corrected chi connectivity index (χ4v) is 4.38. The van der Waals surface area contributed by atoms with Gasteiger partial charge >= 0.3 is 0 Å². The molecule has 0 saturated carbocycles. The van der Waals surface area contributed by atoms with Crippen LogP contribution in [0.2, 0.25) is 0 Å². The second-order valence-corrected chi connectivity index (χ2v) is 7.62. The third-order valence-electron chi connectivity index (χ3n) is 3.84. The minimum atomic E-state index is -0.0443. The zero-order valence-electron chi connectivity index (χ0n) is 12.0. The van der Waals surface area contributed by atoms with Crippen molar-refractivity contribution in [2.24, 2.45) is 0 Å². The molecule has 2 aliphatic heterocycles. The lowest BCUT2D eigenvalue weighted by Gasteiger charge is -2.35. The van der Waals surface area contributed by atoms with E-state index in [-0.39, 0.29) is 17.9 Å². The number of rotatable bonds is 2. The van der Waals surface area contributed by atoms with Gasteiger partial charge in [0.05, 0.1) is 10.9 Å². The Morgan fingerprint density at radius 1 is 1.19 bits per heavy atom. The van der Waals surface area contributed by atoms with Gasteiger partial charge in [0.1, 0.15) is 0 Å². The summed E-state index contributed by atoms with van der Waals surface area (Å²) in [4.78, 5) is 30.3. The summed E-state index contributed by atoms with van der Waals surface area (Å²) in [6.07, 6.45) is 0. The second-order valence-electron chi connectivity index (χ2n) is 5.30. The van der Waals surface area contributed by atoms with Gasteiger partial charge in [-0.2, -0.15) is 0 Å². The highest BCUT2D eigenvalue weighted by Gasteiger charge is 2.31. The molecule has 0 radical (unpaired) electrons. The van der Waals surface area contributed by atoms with Crippen LogP contribution in [0.1, 0.15) is 14.5 Å². The number of nitrogens with zero attached hydrogens (tertiary/aromatic N) is 2. The van der Waals surface area contributed by atoms with Gasteiger partial charge in [0.25, 0.3) is 5.91 Å². The molecule has 0 bridgehead atoms. The number of aryl methyl sites for hydroxylation is 1. The first-order chi connectivity index (χ1) is 10.1. The van der Waals surface area contributed by atoms with Crippen molar-refractivity contribution in [2.75, 3.05) is 37.8 Å². The molecular weight excluding hydrogens is 306 g/mol. The van der Waals surface area contributed by atoms with Crippen molar-refractivity contribution in [1.82, 2.24) is 15.1 Å². The smallest absolute Gasteiger partial charge is 0.264 e. The van der Waals surface area contributed by atoms with Gasteiger partial charge in [-0.05, 0) is 19.1 Å². The Balaban J connectivity index is 1.55. The van der Waals surface area contributed by atoms with Crippen molar-refractivity contribution in [3.05, 3.63) is 21.9 Å². The molecule has 21 heavy (non-hydrogen) atoms. The summed E-state index contributed by atoms with van der Waals surface area (Å²) in [5, 5.41) is 3.21. The van der Waals surface area contributed by atoms with Crippen LogP contribution >= 0.6 is 23.1 Å². The highest BCUT2D eigenvalue weighted by molar-refractivity contribution is 7.99. The van der Waals surface area contributed by atoms with E-state index in [0.29, 0.717) is 26.2 Å². The van der Waals surface area contributed by atoms with Crippen molar-refractivity contribution in [3.63, 3.8) is 0 Å². The van der Waals surface area contributed by atoms with Crippen molar-refractivity contribution in [2.45, 2.75) is 13.0 Å². The van der Waals surface area contributed by atoms with Crippen LogP contribution in [0.4, 0.5) is 0 Å². The molecule has 0 aliphatic carbocycles. The molecule has 3 rings (SSSR count). The minimum absolute atomic E-state index is 0.0443. The summed E-state index contributed by atoms with van der Waals surface area (Å²) in [5.41, 5.74) is 0. The molecule has 1 atom stereocenters. The lowest BCUT2D eigenvalue weighted by atomic mass is 10.2. The van der Waals surface area contributed by atoms with E-state index in [1.54, 1.807) is 11.8 Å². The van der Waals surface area contributed by atoms with Crippen LogP contribution < -0.4 is 5.32 Å². The summed E-state index contributed by atoms with van der Waals surface area (Å²) < 4.78 is 0. The van der Waals surface area contributed by atoms with E-state index in [1.165, 1.54) is 11.3 Å². The highest BCUT2D eigenvalue weighted by atomic mass is 32.2. The maximum absolute atomic E-state index is 12.4. The maximum Gasteiger partial charge on any atom is 0.264 e. The van der Waals surface area contributed by atoms with Crippen molar-refractivity contribution >= 4 is 34.9 Å². The van der Waals surface area contributed by atoms with E-state index in [1.807, 2.05) is 28.9 Å². The number of piperazine rings is 1. The monoisotopic (exact) mass is 325 g/mol. The molecule has 2 amide bonds. The van der Waals surface area contributed by atoms with Crippen molar-refractivity contribution < 1.29 is 9.59 Å². The predicted octanol–water partition coefficient (Wildman–Crippen LogP) is 1.00. The zero-order valence-corrected chi connectivity index (χ0v) is 13.6. The van der Waals surface area contributed by atoms with Crippen LogP contribution in [0.5, 0.6) is 0 Å². The molecule has 2 fully saturated rings. The number of thiophene rings is 1.